The number of hydrogen-bond donors (Lipinski definition) is 1. The van der Waals surface area contributed by atoms with Crippen LogP contribution in [0.5, 0.6) is 0 Å². The van der Waals surface area contributed by atoms with Crippen LogP contribution < -0.4 is 0 Å². The average Bonchev–Trinajstić information content (AvgIpc) is 3.31. The Morgan fingerprint density at radius 3 is 2.82 bits per heavy atom. The highest BCUT2D eigenvalue weighted by Crippen LogP contribution is 2.32. The molecule has 1 saturated carbocycles. The van der Waals surface area contributed by atoms with Crippen molar-refractivity contribution in [3.8, 4) is 11.4 Å². The number of hydrogen-bond acceptors (Lipinski definition) is 5. The summed E-state index contributed by atoms with van der Waals surface area (Å²) in [6.45, 7) is 0.699. The minimum absolute atomic E-state index is 0.123. The molecule has 1 amide bonds. The average molecular weight is 379 g/mol. The number of fused-ring (bicyclic) bond motifs is 1. The largest absolute Gasteiger partial charge is 0.345 e. The van der Waals surface area contributed by atoms with Gasteiger partial charge in [0.2, 0.25) is 17.6 Å². The van der Waals surface area contributed by atoms with Gasteiger partial charge in [0.05, 0.1) is 23.3 Å². The molecule has 3 heterocycles. The zero-order valence-corrected chi connectivity index (χ0v) is 15.9. The topological polar surface area (TPSA) is 87.9 Å². The number of imidazole rings is 1. The molecule has 2 aliphatic rings. The summed E-state index contributed by atoms with van der Waals surface area (Å²) in [5.74, 6) is 1.64. The Bertz CT molecular complexity index is 970. The van der Waals surface area contributed by atoms with Gasteiger partial charge in [-0.3, -0.25) is 4.79 Å². The lowest BCUT2D eigenvalue weighted by Crippen LogP contribution is -2.45. The summed E-state index contributed by atoms with van der Waals surface area (Å²) in [4.78, 5) is 26.7. The van der Waals surface area contributed by atoms with Crippen molar-refractivity contribution >= 4 is 16.9 Å². The fourth-order valence-electron chi connectivity index (χ4n) is 4.59. The first-order chi connectivity index (χ1) is 13.8. The van der Waals surface area contributed by atoms with Crippen LogP contribution in [0, 0.1) is 0 Å². The molecule has 146 valence electrons. The molecule has 0 unspecified atom stereocenters. The third-order valence-electron chi connectivity index (χ3n) is 6.18. The van der Waals surface area contributed by atoms with Gasteiger partial charge >= 0.3 is 0 Å². The molecule has 1 aliphatic carbocycles. The van der Waals surface area contributed by atoms with E-state index >= 15 is 0 Å². The Balaban J connectivity index is 1.35. The molecule has 1 saturated heterocycles. The molecule has 1 aromatic carbocycles. The minimum atomic E-state index is 0.123. The zero-order valence-electron chi connectivity index (χ0n) is 15.9. The van der Waals surface area contributed by atoms with Crippen LogP contribution in [0.25, 0.3) is 22.4 Å². The van der Waals surface area contributed by atoms with Gasteiger partial charge in [0, 0.05) is 24.6 Å². The van der Waals surface area contributed by atoms with E-state index in [0.717, 1.165) is 35.9 Å². The Kier molecular flexibility index (Phi) is 4.58. The standard InChI is InChI=1S/C21H25N5O2/c27-19-10-8-15(12-26(19)16-5-3-1-2-4-6-16)21-24-20(25-28-21)14-7-9-17-18(11-14)23-13-22-17/h7,9,11,13,15-16H,1-6,8,10,12H2,(H,22,23)/t15-/m0/s1. The molecule has 7 heteroatoms. The number of aromatic nitrogens is 4. The summed E-state index contributed by atoms with van der Waals surface area (Å²) < 4.78 is 5.62. The first kappa shape index (κ1) is 17.4. The first-order valence-corrected chi connectivity index (χ1v) is 10.3. The molecule has 5 rings (SSSR count). The number of H-pyrrole nitrogens is 1. The molecule has 2 fully saturated rings. The van der Waals surface area contributed by atoms with Crippen LogP contribution in [0.2, 0.25) is 0 Å². The number of aromatic amines is 1. The molecule has 7 nitrogen and oxygen atoms in total. The maximum atomic E-state index is 12.6. The van der Waals surface area contributed by atoms with Gasteiger partial charge in [-0.25, -0.2) is 4.98 Å². The number of piperidine rings is 1. The highest BCUT2D eigenvalue weighted by molar-refractivity contribution is 5.80. The Hall–Kier alpha value is -2.70. The number of likely N-dealkylation sites (tertiary alicyclic amines) is 1. The van der Waals surface area contributed by atoms with Crippen molar-refractivity contribution in [3.63, 3.8) is 0 Å². The van der Waals surface area contributed by atoms with Gasteiger partial charge in [0.25, 0.3) is 0 Å². The number of amides is 1. The second-order valence-electron chi connectivity index (χ2n) is 8.02. The van der Waals surface area contributed by atoms with Crippen LogP contribution in [-0.2, 0) is 4.79 Å². The van der Waals surface area contributed by atoms with Crippen molar-refractivity contribution in [1.82, 2.24) is 25.0 Å². The second-order valence-corrected chi connectivity index (χ2v) is 8.02. The van der Waals surface area contributed by atoms with E-state index in [1.54, 1.807) is 6.33 Å². The van der Waals surface area contributed by atoms with Crippen LogP contribution >= 0.6 is 0 Å². The molecule has 28 heavy (non-hydrogen) atoms. The number of nitrogens with zero attached hydrogens (tertiary/aromatic N) is 4. The third-order valence-corrected chi connectivity index (χ3v) is 6.18. The van der Waals surface area contributed by atoms with Crippen LogP contribution in [0.1, 0.15) is 63.2 Å². The van der Waals surface area contributed by atoms with Gasteiger partial charge in [-0.1, -0.05) is 30.8 Å². The van der Waals surface area contributed by atoms with E-state index in [1.807, 2.05) is 18.2 Å². The van der Waals surface area contributed by atoms with Crippen LogP contribution in [0.4, 0.5) is 0 Å². The first-order valence-electron chi connectivity index (χ1n) is 10.3. The highest BCUT2D eigenvalue weighted by atomic mass is 16.5. The lowest BCUT2D eigenvalue weighted by Gasteiger charge is -2.37. The van der Waals surface area contributed by atoms with Crippen LogP contribution in [0.15, 0.2) is 29.0 Å². The summed E-state index contributed by atoms with van der Waals surface area (Å²) in [5.41, 5.74) is 2.77. The predicted molar refractivity (Wildman–Crippen MR) is 105 cm³/mol. The van der Waals surface area contributed by atoms with Gasteiger partial charge in [0.1, 0.15) is 0 Å². The molecule has 1 atom stereocenters. The fourth-order valence-corrected chi connectivity index (χ4v) is 4.59. The van der Waals surface area contributed by atoms with E-state index < -0.39 is 0 Å². The monoisotopic (exact) mass is 379 g/mol. The van der Waals surface area contributed by atoms with Crippen LogP contribution in [0.3, 0.4) is 0 Å². The number of carbonyl (C=O) groups excluding carboxylic acids is 1. The summed E-state index contributed by atoms with van der Waals surface area (Å²) in [7, 11) is 0. The minimum Gasteiger partial charge on any atom is -0.345 e. The van der Waals surface area contributed by atoms with Crippen molar-refractivity contribution in [3.05, 3.63) is 30.4 Å². The van der Waals surface area contributed by atoms with Crippen molar-refractivity contribution in [2.45, 2.75) is 63.3 Å². The van der Waals surface area contributed by atoms with E-state index in [4.69, 9.17) is 4.52 Å². The van der Waals surface area contributed by atoms with Gasteiger partial charge in [-0.15, -0.1) is 0 Å². The van der Waals surface area contributed by atoms with Crippen molar-refractivity contribution in [1.29, 1.82) is 0 Å². The number of carbonyl (C=O) groups is 1. The molecule has 0 bridgehead atoms. The molecular formula is C21H25N5O2. The summed E-state index contributed by atoms with van der Waals surface area (Å²) in [6.07, 6.45) is 10.3. The normalized spacial score (nSPS) is 21.9. The SMILES string of the molecule is O=C1CC[C@H](c2nc(-c3ccc4nc[nH]c4c3)no2)CN1C1CCCCCC1. The molecule has 0 radical (unpaired) electrons. The Morgan fingerprint density at radius 1 is 1.11 bits per heavy atom. The highest BCUT2D eigenvalue weighted by Gasteiger charge is 2.34. The van der Waals surface area contributed by atoms with Gasteiger partial charge < -0.3 is 14.4 Å². The predicted octanol–water partition coefficient (Wildman–Crippen LogP) is 4.04. The zero-order chi connectivity index (χ0) is 18.9. The van der Waals surface area contributed by atoms with Crippen molar-refractivity contribution in [2.75, 3.05) is 6.54 Å². The van der Waals surface area contributed by atoms with Crippen molar-refractivity contribution < 1.29 is 9.32 Å². The van der Waals surface area contributed by atoms with E-state index in [9.17, 15) is 4.79 Å². The second kappa shape index (κ2) is 7.37. The summed E-state index contributed by atoms with van der Waals surface area (Å²) >= 11 is 0. The molecule has 2 aromatic heterocycles. The quantitative estimate of drug-likeness (QED) is 0.694. The van der Waals surface area contributed by atoms with Gasteiger partial charge in [-0.05, 0) is 37.5 Å². The van der Waals surface area contributed by atoms with E-state index in [0.29, 0.717) is 30.7 Å². The lowest BCUT2D eigenvalue weighted by molar-refractivity contribution is -0.136. The molecule has 1 aliphatic heterocycles. The molecule has 0 spiro atoms. The maximum absolute atomic E-state index is 12.6. The number of rotatable bonds is 3. The van der Waals surface area contributed by atoms with Gasteiger partial charge in [-0.2, -0.15) is 4.98 Å². The maximum Gasteiger partial charge on any atom is 0.231 e. The van der Waals surface area contributed by atoms with E-state index in [-0.39, 0.29) is 11.8 Å². The van der Waals surface area contributed by atoms with E-state index in [1.165, 1.54) is 25.7 Å². The smallest absolute Gasteiger partial charge is 0.231 e. The Labute approximate surface area is 163 Å². The third kappa shape index (κ3) is 3.30. The number of nitrogens with one attached hydrogen (secondary N) is 1. The molecular weight excluding hydrogens is 354 g/mol. The van der Waals surface area contributed by atoms with Gasteiger partial charge in [0.15, 0.2) is 0 Å². The van der Waals surface area contributed by atoms with E-state index in [2.05, 4.69) is 25.0 Å². The molecule has 3 aromatic rings. The lowest BCUT2D eigenvalue weighted by atomic mass is 9.94. The fraction of sp³-hybridized carbons (Fsp3) is 0.524. The summed E-state index contributed by atoms with van der Waals surface area (Å²) in [5, 5.41) is 4.20. The van der Waals surface area contributed by atoms with Crippen molar-refractivity contribution in [2.24, 2.45) is 0 Å². The Morgan fingerprint density at radius 2 is 1.96 bits per heavy atom. The van der Waals surface area contributed by atoms with Crippen LogP contribution in [-0.4, -0.2) is 43.5 Å². The molecule has 1 N–H and O–H groups in total. The summed E-state index contributed by atoms with van der Waals surface area (Å²) in [6, 6.07) is 6.27. The number of benzene rings is 1.